The van der Waals surface area contributed by atoms with Gasteiger partial charge in [-0.2, -0.15) is 13.2 Å². The van der Waals surface area contributed by atoms with Crippen LogP contribution >= 0.6 is 11.6 Å². The Bertz CT molecular complexity index is 1170. The number of amides is 1. The van der Waals surface area contributed by atoms with E-state index in [1.807, 2.05) is 32.9 Å². The number of hydrogen-bond donors (Lipinski definition) is 2. The van der Waals surface area contributed by atoms with E-state index in [2.05, 4.69) is 15.2 Å². The lowest BCUT2D eigenvalue weighted by molar-refractivity contribution is -0.148. The van der Waals surface area contributed by atoms with Gasteiger partial charge >= 0.3 is 6.18 Å². The molecule has 2 aromatic rings. The molecule has 1 aliphatic carbocycles. The molecule has 1 fully saturated rings. The monoisotopic (exact) mass is 540 g/mol. The molecule has 1 aromatic carbocycles. The van der Waals surface area contributed by atoms with Gasteiger partial charge in [-0.25, -0.2) is 0 Å². The molecule has 0 spiro atoms. The van der Waals surface area contributed by atoms with Gasteiger partial charge in [0.15, 0.2) is 0 Å². The number of halogens is 4. The van der Waals surface area contributed by atoms with E-state index in [0.717, 1.165) is 35.3 Å². The topological polar surface area (TPSA) is 68.4 Å². The second-order valence-electron chi connectivity index (χ2n) is 10.0. The van der Waals surface area contributed by atoms with E-state index in [9.17, 15) is 22.8 Å². The minimum absolute atomic E-state index is 0.0918. The van der Waals surface area contributed by atoms with Crippen LogP contribution in [0.25, 0.3) is 0 Å². The molecule has 2 N–H and O–H groups in total. The lowest BCUT2D eigenvalue weighted by atomic mass is 9.88. The number of H-pyrrole nitrogens is 1. The summed E-state index contributed by atoms with van der Waals surface area (Å²) in [6.45, 7) is 7.40. The summed E-state index contributed by atoms with van der Waals surface area (Å²) in [6.07, 6.45) is -1.36. The molecule has 0 radical (unpaired) electrons. The predicted molar refractivity (Wildman–Crippen MR) is 142 cm³/mol. The Balaban J connectivity index is 1.75. The predicted octanol–water partition coefficient (Wildman–Crippen LogP) is 5.52. The smallest absolute Gasteiger partial charge is 0.369 e. The zero-order valence-electron chi connectivity index (χ0n) is 22.1. The summed E-state index contributed by atoms with van der Waals surface area (Å²) >= 11 is 6.44. The lowest BCUT2D eigenvalue weighted by Gasteiger charge is -2.41. The van der Waals surface area contributed by atoms with Gasteiger partial charge in [-0.15, -0.1) is 0 Å². The van der Waals surface area contributed by atoms with Crippen molar-refractivity contribution in [1.82, 2.24) is 15.2 Å². The summed E-state index contributed by atoms with van der Waals surface area (Å²) in [5.74, 6) is -0.325. The van der Waals surface area contributed by atoms with Crippen LogP contribution in [0.15, 0.2) is 23.0 Å². The first-order valence-electron chi connectivity index (χ1n) is 12.6. The minimum Gasteiger partial charge on any atom is -0.369 e. The number of nitrogens with one attached hydrogen (secondary N) is 2. The highest BCUT2D eigenvalue weighted by Crippen LogP contribution is 2.34. The van der Waals surface area contributed by atoms with E-state index in [1.54, 1.807) is 13.0 Å². The van der Waals surface area contributed by atoms with Crippen molar-refractivity contribution in [2.24, 2.45) is 0 Å². The highest BCUT2D eigenvalue weighted by molar-refractivity contribution is 6.31. The minimum atomic E-state index is -4.21. The zero-order chi connectivity index (χ0) is 27.5. The molecule has 0 saturated heterocycles. The number of alkyl halides is 3. The van der Waals surface area contributed by atoms with E-state index in [1.165, 1.54) is 11.9 Å². The number of aryl methyl sites for hydroxylation is 2. The maximum atomic E-state index is 13.2. The Labute approximate surface area is 221 Å². The molecule has 0 aliphatic heterocycles. The van der Waals surface area contributed by atoms with Crippen molar-refractivity contribution < 1.29 is 18.0 Å². The van der Waals surface area contributed by atoms with E-state index in [4.69, 9.17) is 11.6 Å². The molecule has 0 bridgehead atoms. The molecular formula is C27H36ClF3N4O2. The van der Waals surface area contributed by atoms with Crippen LogP contribution < -0.4 is 15.8 Å². The number of hydrogen-bond acceptors (Lipinski definition) is 4. The Morgan fingerprint density at radius 2 is 1.73 bits per heavy atom. The second-order valence-corrected chi connectivity index (χ2v) is 10.4. The van der Waals surface area contributed by atoms with Crippen LogP contribution in [-0.2, 0) is 6.54 Å². The van der Waals surface area contributed by atoms with Gasteiger partial charge in [0.1, 0.15) is 0 Å². The Hall–Kier alpha value is -2.52. The zero-order valence-corrected chi connectivity index (χ0v) is 22.8. The molecule has 1 aromatic heterocycles. The summed E-state index contributed by atoms with van der Waals surface area (Å²) in [5, 5.41) is 3.27. The molecular weight excluding hydrogens is 505 g/mol. The van der Waals surface area contributed by atoms with Crippen molar-refractivity contribution in [2.75, 3.05) is 25.0 Å². The third-order valence-corrected chi connectivity index (χ3v) is 7.54. The summed E-state index contributed by atoms with van der Waals surface area (Å²) < 4.78 is 38.5. The largest absolute Gasteiger partial charge is 0.401 e. The molecule has 1 amide bonds. The first kappa shape index (κ1) is 29.0. The van der Waals surface area contributed by atoms with Crippen LogP contribution in [0.3, 0.4) is 0 Å². The molecule has 1 aliphatic rings. The number of carbonyl (C=O) groups is 1. The number of aromatic nitrogens is 1. The van der Waals surface area contributed by atoms with Gasteiger partial charge in [-0.1, -0.05) is 11.6 Å². The van der Waals surface area contributed by atoms with Crippen LogP contribution in [0.4, 0.5) is 18.9 Å². The van der Waals surface area contributed by atoms with Crippen molar-refractivity contribution in [1.29, 1.82) is 0 Å². The van der Waals surface area contributed by atoms with Crippen LogP contribution in [0, 0.1) is 20.8 Å². The number of nitrogens with zero attached hydrogens (tertiary/aromatic N) is 2. The summed E-state index contributed by atoms with van der Waals surface area (Å²) in [5.41, 5.74) is 3.88. The van der Waals surface area contributed by atoms with Crippen molar-refractivity contribution in [2.45, 2.75) is 78.2 Å². The highest BCUT2D eigenvalue weighted by Gasteiger charge is 2.34. The van der Waals surface area contributed by atoms with E-state index in [-0.39, 0.29) is 30.1 Å². The molecule has 6 nitrogen and oxygen atoms in total. The van der Waals surface area contributed by atoms with Crippen molar-refractivity contribution in [3.63, 3.8) is 0 Å². The number of anilines is 1. The van der Waals surface area contributed by atoms with E-state index in [0.29, 0.717) is 35.5 Å². The number of aromatic amines is 1. The molecule has 1 heterocycles. The molecule has 37 heavy (non-hydrogen) atoms. The molecule has 10 heteroatoms. The fourth-order valence-electron chi connectivity index (χ4n) is 5.41. The fraction of sp³-hybridized carbons (Fsp3) is 0.556. The Morgan fingerprint density at radius 3 is 2.30 bits per heavy atom. The van der Waals surface area contributed by atoms with E-state index >= 15 is 0 Å². The Morgan fingerprint density at radius 1 is 1.11 bits per heavy atom. The van der Waals surface area contributed by atoms with Gasteiger partial charge in [0.05, 0.1) is 6.54 Å². The summed E-state index contributed by atoms with van der Waals surface area (Å²) in [6, 6.07) is 5.36. The molecule has 0 unspecified atom stereocenters. The SMILES string of the molecule is CCN(c1cc(Cl)cc(C(=O)NCc2c(C)cc(C)[nH]c2=O)c1C)[C@H]1CC[C@@H](N(C)CC(F)(F)F)CC1. The first-order valence-corrected chi connectivity index (χ1v) is 13.0. The van der Waals surface area contributed by atoms with Gasteiger partial charge in [0.2, 0.25) is 0 Å². The van der Waals surface area contributed by atoms with Crippen LogP contribution in [0.1, 0.15) is 65.3 Å². The lowest BCUT2D eigenvalue weighted by Crippen LogP contribution is -2.45. The van der Waals surface area contributed by atoms with Gasteiger partial charge < -0.3 is 15.2 Å². The standard InChI is InChI=1S/C27H36ClF3N4O2/c1-6-35(21-9-7-20(8-10-21)34(5)15-27(29,30)31)24-13-19(28)12-22(18(24)4)25(36)32-14-23-16(2)11-17(3)33-26(23)37/h11-13,20-21H,6-10,14-15H2,1-5H3,(H,32,36)(H,33,37)/t20-,21+. The second kappa shape index (κ2) is 11.9. The van der Waals surface area contributed by atoms with Gasteiger partial charge in [-0.05, 0) is 89.8 Å². The molecule has 0 atom stereocenters. The van der Waals surface area contributed by atoms with E-state index < -0.39 is 12.7 Å². The third-order valence-electron chi connectivity index (χ3n) is 7.32. The van der Waals surface area contributed by atoms with Crippen LogP contribution in [-0.4, -0.2) is 54.2 Å². The third kappa shape index (κ3) is 7.29. The number of carbonyl (C=O) groups excluding carboxylic acids is 1. The Kier molecular flexibility index (Phi) is 9.34. The highest BCUT2D eigenvalue weighted by atomic mass is 35.5. The number of pyridine rings is 1. The average molecular weight is 541 g/mol. The van der Waals surface area contributed by atoms with Crippen LogP contribution in [0.2, 0.25) is 5.02 Å². The normalized spacial score (nSPS) is 18.2. The van der Waals surface area contributed by atoms with Gasteiger partial charge in [0.25, 0.3) is 11.5 Å². The maximum Gasteiger partial charge on any atom is 0.401 e. The first-order chi connectivity index (χ1) is 17.3. The van der Waals surface area contributed by atoms with Crippen molar-refractivity contribution in [3.05, 3.63) is 61.5 Å². The maximum absolute atomic E-state index is 13.2. The molecule has 204 valence electrons. The number of benzene rings is 1. The fourth-order valence-corrected chi connectivity index (χ4v) is 5.62. The van der Waals surface area contributed by atoms with Crippen molar-refractivity contribution >= 4 is 23.2 Å². The average Bonchev–Trinajstić information content (AvgIpc) is 2.80. The van der Waals surface area contributed by atoms with Crippen molar-refractivity contribution in [3.8, 4) is 0 Å². The number of rotatable bonds is 8. The molecule has 1 saturated carbocycles. The van der Waals surface area contributed by atoms with Crippen LogP contribution in [0.5, 0.6) is 0 Å². The van der Waals surface area contributed by atoms with Gasteiger partial charge in [-0.3, -0.25) is 14.5 Å². The summed E-state index contributed by atoms with van der Waals surface area (Å²) in [7, 11) is 1.54. The quantitative estimate of drug-likeness (QED) is 0.463. The summed E-state index contributed by atoms with van der Waals surface area (Å²) in [4.78, 5) is 31.8. The molecule has 3 rings (SSSR count). The van der Waals surface area contributed by atoms with Gasteiger partial charge in [0, 0.05) is 52.7 Å².